The molecule has 0 aliphatic carbocycles. The molecule has 0 aromatic heterocycles. The van der Waals surface area contributed by atoms with Gasteiger partial charge >= 0.3 is 0 Å². The summed E-state index contributed by atoms with van der Waals surface area (Å²) in [6.45, 7) is -0.301. The van der Waals surface area contributed by atoms with E-state index < -0.39 is 17.7 Å². The van der Waals surface area contributed by atoms with Gasteiger partial charge in [0, 0.05) is 26.3 Å². The molecule has 0 unspecified atom stereocenters. The summed E-state index contributed by atoms with van der Waals surface area (Å²) in [5.41, 5.74) is 1.27. The molecule has 0 saturated carbocycles. The minimum atomic E-state index is -0.474. The molecule has 0 N–H and O–H groups in total. The second kappa shape index (κ2) is 8.11. The number of benzene rings is 3. The van der Waals surface area contributed by atoms with Crippen molar-refractivity contribution in [2.75, 3.05) is 11.6 Å². The van der Waals surface area contributed by atoms with Crippen molar-refractivity contribution < 1.29 is 14.4 Å². The van der Waals surface area contributed by atoms with Gasteiger partial charge in [0.2, 0.25) is 0 Å². The van der Waals surface area contributed by atoms with Crippen LogP contribution in [-0.2, 0) is 0 Å². The van der Waals surface area contributed by atoms with E-state index >= 15 is 0 Å². The van der Waals surface area contributed by atoms with E-state index in [9.17, 15) is 14.4 Å². The summed E-state index contributed by atoms with van der Waals surface area (Å²) < 4.78 is 0. The molecule has 0 atom stereocenters. The molecular weight excluding hydrogens is 447 g/mol. The Hall–Kier alpha value is -2.86. The van der Waals surface area contributed by atoms with E-state index in [-0.39, 0.29) is 6.67 Å². The Morgan fingerprint density at radius 3 is 1.83 bits per heavy atom. The van der Waals surface area contributed by atoms with Crippen LogP contribution in [0.2, 0.25) is 15.1 Å². The van der Waals surface area contributed by atoms with Crippen molar-refractivity contribution in [3.8, 4) is 0 Å². The second-order valence-electron chi connectivity index (χ2n) is 6.59. The number of hydrogen-bond acceptors (Lipinski definition) is 3. The van der Waals surface area contributed by atoms with Gasteiger partial charge in [-0.1, -0.05) is 46.9 Å². The van der Waals surface area contributed by atoms with Gasteiger partial charge in [-0.3, -0.25) is 24.2 Å². The maximum absolute atomic E-state index is 13.3. The zero-order chi connectivity index (χ0) is 21.4. The molecule has 3 aromatic carbocycles. The molecule has 8 heteroatoms. The Kier molecular flexibility index (Phi) is 5.52. The number of nitrogens with zero attached hydrogens (tertiary/aromatic N) is 2. The molecular formula is C22H13Cl3N2O3. The lowest BCUT2D eigenvalue weighted by atomic mass is 10.1. The highest BCUT2D eigenvalue weighted by molar-refractivity contribution is 6.35. The lowest BCUT2D eigenvalue weighted by molar-refractivity contribution is 0.0650. The van der Waals surface area contributed by atoms with Gasteiger partial charge in [-0.25, -0.2) is 0 Å². The summed E-state index contributed by atoms with van der Waals surface area (Å²) in [6, 6.07) is 17.4. The maximum atomic E-state index is 13.3. The summed E-state index contributed by atoms with van der Waals surface area (Å²) in [6.07, 6.45) is 0. The fraction of sp³-hybridized carbons (Fsp3) is 0.0455. The number of carbonyl (C=O) groups is 3. The minimum absolute atomic E-state index is 0.297. The molecule has 30 heavy (non-hydrogen) atoms. The average Bonchev–Trinajstić information content (AvgIpc) is 2.96. The molecule has 3 aromatic rings. The molecule has 5 nitrogen and oxygen atoms in total. The Bertz CT molecular complexity index is 1120. The van der Waals surface area contributed by atoms with Crippen LogP contribution in [0, 0.1) is 0 Å². The average molecular weight is 460 g/mol. The van der Waals surface area contributed by atoms with Gasteiger partial charge in [0.15, 0.2) is 0 Å². The van der Waals surface area contributed by atoms with Gasteiger partial charge in [-0.2, -0.15) is 0 Å². The molecule has 1 aliphatic heterocycles. The van der Waals surface area contributed by atoms with Crippen molar-refractivity contribution in [1.29, 1.82) is 0 Å². The third-order valence-electron chi connectivity index (χ3n) is 4.66. The zero-order valence-corrected chi connectivity index (χ0v) is 17.6. The third-order valence-corrected chi connectivity index (χ3v) is 5.34. The molecule has 0 bridgehead atoms. The smallest absolute Gasteiger partial charge is 0.263 e. The van der Waals surface area contributed by atoms with Crippen molar-refractivity contribution in [2.45, 2.75) is 0 Å². The first kappa shape index (κ1) is 20.4. The molecule has 4 rings (SSSR count). The molecule has 1 heterocycles. The largest absolute Gasteiger partial charge is 0.289 e. The number of imide groups is 1. The van der Waals surface area contributed by atoms with Crippen LogP contribution in [0.4, 0.5) is 5.69 Å². The highest BCUT2D eigenvalue weighted by Crippen LogP contribution is 2.29. The molecule has 0 spiro atoms. The van der Waals surface area contributed by atoms with Gasteiger partial charge in [0.05, 0.1) is 11.1 Å². The van der Waals surface area contributed by atoms with E-state index in [0.29, 0.717) is 37.4 Å². The van der Waals surface area contributed by atoms with E-state index in [2.05, 4.69) is 0 Å². The fourth-order valence-corrected chi connectivity index (χ4v) is 3.86. The number of anilines is 1. The van der Waals surface area contributed by atoms with E-state index in [4.69, 9.17) is 34.8 Å². The lowest BCUT2D eigenvalue weighted by Crippen LogP contribution is -2.44. The van der Waals surface area contributed by atoms with Crippen molar-refractivity contribution in [2.24, 2.45) is 0 Å². The van der Waals surface area contributed by atoms with Crippen LogP contribution in [0.25, 0.3) is 0 Å². The lowest BCUT2D eigenvalue weighted by Gasteiger charge is -2.27. The standard InChI is InChI=1S/C22H13Cl3N2O3/c23-14-7-5-13(6-8-14)20(28)26(17-10-15(24)9-16(25)11-17)12-27-21(29)18-3-1-2-4-19(18)22(27)30/h1-11H,12H2. The Morgan fingerprint density at radius 1 is 0.767 bits per heavy atom. The summed E-state index contributed by atoms with van der Waals surface area (Å²) in [5, 5.41) is 1.10. The molecule has 0 fully saturated rings. The van der Waals surface area contributed by atoms with Crippen molar-refractivity contribution in [1.82, 2.24) is 4.90 Å². The van der Waals surface area contributed by atoms with Gasteiger partial charge in [-0.05, 0) is 54.6 Å². The van der Waals surface area contributed by atoms with Crippen LogP contribution in [0.5, 0.6) is 0 Å². The summed E-state index contributed by atoms with van der Waals surface area (Å²) >= 11 is 18.2. The Morgan fingerprint density at radius 2 is 1.30 bits per heavy atom. The number of halogens is 3. The number of rotatable bonds is 4. The molecule has 1 aliphatic rings. The first-order valence-corrected chi connectivity index (χ1v) is 9.97. The molecule has 0 saturated heterocycles. The summed E-state index contributed by atoms with van der Waals surface area (Å²) in [5.74, 6) is -1.39. The van der Waals surface area contributed by atoms with Gasteiger partial charge < -0.3 is 0 Å². The topological polar surface area (TPSA) is 57.7 Å². The highest BCUT2D eigenvalue weighted by Gasteiger charge is 2.37. The predicted molar refractivity (Wildman–Crippen MR) is 117 cm³/mol. The van der Waals surface area contributed by atoms with Crippen molar-refractivity contribution >= 4 is 58.2 Å². The molecule has 0 radical (unpaired) electrons. The van der Waals surface area contributed by atoms with Crippen LogP contribution in [0.15, 0.2) is 66.7 Å². The quantitative estimate of drug-likeness (QED) is 0.481. The zero-order valence-electron chi connectivity index (χ0n) is 15.3. The third kappa shape index (κ3) is 3.79. The van der Waals surface area contributed by atoms with Crippen LogP contribution in [0.1, 0.15) is 31.1 Å². The monoisotopic (exact) mass is 458 g/mol. The van der Waals surface area contributed by atoms with E-state index in [0.717, 1.165) is 4.90 Å². The predicted octanol–water partition coefficient (Wildman–Crippen LogP) is 5.55. The fourth-order valence-electron chi connectivity index (χ4n) is 3.22. The van der Waals surface area contributed by atoms with Crippen LogP contribution >= 0.6 is 34.8 Å². The molecule has 150 valence electrons. The van der Waals surface area contributed by atoms with Crippen LogP contribution in [0.3, 0.4) is 0 Å². The first-order chi connectivity index (χ1) is 14.3. The van der Waals surface area contributed by atoms with Crippen molar-refractivity contribution in [3.63, 3.8) is 0 Å². The second-order valence-corrected chi connectivity index (χ2v) is 7.90. The minimum Gasteiger partial charge on any atom is -0.289 e. The highest BCUT2D eigenvalue weighted by atomic mass is 35.5. The van der Waals surface area contributed by atoms with E-state index in [1.165, 1.54) is 11.0 Å². The first-order valence-electron chi connectivity index (χ1n) is 8.84. The van der Waals surface area contributed by atoms with E-state index in [1.807, 2.05) is 0 Å². The Balaban J connectivity index is 1.74. The number of hydrogen-bond donors (Lipinski definition) is 0. The number of carbonyl (C=O) groups excluding carboxylic acids is 3. The number of fused-ring (bicyclic) bond motifs is 1. The normalized spacial score (nSPS) is 12.8. The maximum Gasteiger partial charge on any atom is 0.263 e. The van der Waals surface area contributed by atoms with Gasteiger partial charge in [0.25, 0.3) is 17.7 Å². The van der Waals surface area contributed by atoms with E-state index in [1.54, 1.807) is 60.7 Å². The van der Waals surface area contributed by atoms with Crippen molar-refractivity contribution in [3.05, 3.63) is 98.5 Å². The van der Waals surface area contributed by atoms with Crippen LogP contribution < -0.4 is 4.90 Å². The summed E-state index contributed by atoms with van der Waals surface area (Å²) in [7, 11) is 0. The van der Waals surface area contributed by atoms with Gasteiger partial charge in [0.1, 0.15) is 6.67 Å². The summed E-state index contributed by atoms with van der Waals surface area (Å²) in [4.78, 5) is 41.2. The van der Waals surface area contributed by atoms with Crippen LogP contribution in [-0.4, -0.2) is 29.3 Å². The Labute approximate surface area is 187 Å². The van der Waals surface area contributed by atoms with Gasteiger partial charge in [-0.15, -0.1) is 0 Å². The SMILES string of the molecule is O=C1c2ccccc2C(=O)N1CN(C(=O)c1ccc(Cl)cc1)c1cc(Cl)cc(Cl)c1. The number of amides is 3. The molecule has 3 amide bonds.